The number of aliphatic imine (C=N–C) groups is 2. The van der Waals surface area contributed by atoms with Gasteiger partial charge in [-0.3, -0.25) is 9.98 Å². The Hall–Kier alpha value is -4.18. The molecule has 0 bridgehead atoms. The summed E-state index contributed by atoms with van der Waals surface area (Å²) >= 11 is 0. The number of hydrogen-bond acceptors (Lipinski definition) is 4. The van der Waals surface area contributed by atoms with Crippen molar-refractivity contribution in [3.63, 3.8) is 0 Å². The van der Waals surface area contributed by atoms with Crippen molar-refractivity contribution in [1.82, 2.24) is 0 Å². The minimum Gasteiger partial charge on any atom is -0.507 e. The van der Waals surface area contributed by atoms with E-state index in [1.165, 1.54) is 0 Å². The zero-order valence-electron chi connectivity index (χ0n) is 19.3. The van der Waals surface area contributed by atoms with Crippen molar-refractivity contribution in [1.29, 1.82) is 0 Å². The van der Waals surface area contributed by atoms with Crippen LogP contribution in [0.2, 0.25) is 0 Å². The summed E-state index contributed by atoms with van der Waals surface area (Å²) in [5.41, 5.74) is 4.93. The van der Waals surface area contributed by atoms with Gasteiger partial charge in [-0.05, 0) is 48.2 Å². The van der Waals surface area contributed by atoms with Crippen LogP contribution < -0.4 is 0 Å². The molecule has 4 rings (SSSR count). The van der Waals surface area contributed by atoms with Crippen LogP contribution in [0.15, 0.2) is 107 Å². The highest BCUT2D eigenvalue weighted by Gasteiger charge is 2.23. The zero-order valence-corrected chi connectivity index (χ0v) is 19.3. The van der Waals surface area contributed by atoms with Gasteiger partial charge in [-0.25, -0.2) is 0 Å². The van der Waals surface area contributed by atoms with E-state index in [2.05, 4.69) is 0 Å². The highest BCUT2D eigenvalue weighted by molar-refractivity contribution is 5.85. The lowest BCUT2D eigenvalue weighted by Crippen LogP contribution is -2.09. The number of nitrogens with zero attached hydrogens (tertiary/aromatic N) is 2. The molecule has 0 aliphatic heterocycles. The monoisotopic (exact) mass is 448 g/mol. The molecule has 0 aromatic heterocycles. The molecule has 0 aliphatic rings. The molecule has 34 heavy (non-hydrogen) atoms. The number of benzene rings is 4. The van der Waals surface area contributed by atoms with Crippen molar-refractivity contribution in [2.45, 2.75) is 25.9 Å². The minimum atomic E-state index is -0.341. The van der Waals surface area contributed by atoms with E-state index in [1.54, 1.807) is 12.4 Å². The van der Waals surface area contributed by atoms with Crippen LogP contribution in [0.25, 0.3) is 0 Å². The summed E-state index contributed by atoms with van der Waals surface area (Å²) in [6, 6.07) is 30.6. The predicted octanol–water partition coefficient (Wildman–Crippen LogP) is 6.74. The van der Waals surface area contributed by atoms with E-state index in [-0.39, 0.29) is 23.6 Å². The van der Waals surface area contributed by atoms with Crippen LogP contribution in [0, 0.1) is 13.8 Å². The van der Waals surface area contributed by atoms with Crippen LogP contribution in [-0.2, 0) is 0 Å². The molecule has 170 valence electrons. The summed E-state index contributed by atoms with van der Waals surface area (Å²) in [6.07, 6.45) is 3.44. The molecule has 2 N–H and O–H groups in total. The lowest BCUT2D eigenvalue weighted by atomic mass is 9.94. The molecular weight excluding hydrogens is 420 g/mol. The molecule has 4 nitrogen and oxygen atoms in total. The van der Waals surface area contributed by atoms with Crippen molar-refractivity contribution in [2.24, 2.45) is 9.98 Å². The van der Waals surface area contributed by atoms with Gasteiger partial charge >= 0.3 is 0 Å². The van der Waals surface area contributed by atoms with Gasteiger partial charge < -0.3 is 10.2 Å². The molecule has 4 aromatic carbocycles. The van der Waals surface area contributed by atoms with E-state index in [4.69, 9.17) is 9.98 Å². The normalized spacial score (nSPS) is 13.4. The smallest absolute Gasteiger partial charge is 0.127 e. The van der Waals surface area contributed by atoms with Gasteiger partial charge in [0.05, 0.1) is 0 Å². The van der Waals surface area contributed by atoms with Crippen molar-refractivity contribution >= 4 is 12.4 Å². The summed E-state index contributed by atoms with van der Waals surface area (Å²) in [4.78, 5) is 9.87. The third-order valence-corrected chi connectivity index (χ3v) is 5.87. The van der Waals surface area contributed by atoms with Crippen molar-refractivity contribution in [2.75, 3.05) is 0 Å². The van der Waals surface area contributed by atoms with Crippen molar-refractivity contribution < 1.29 is 10.2 Å². The first-order valence-corrected chi connectivity index (χ1v) is 11.3. The maximum atomic E-state index is 10.5. The third kappa shape index (κ3) is 5.24. The molecule has 0 radical (unpaired) electrons. The average Bonchev–Trinajstić information content (AvgIpc) is 2.87. The standard InChI is InChI=1S/C30H28N2O2/c1-21-11-9-17-25(29(21)33)19-31-27(23-13-5-3-6-14-23)28(24-15-7-4-8-16-24)32-20-26-18-10-12-22(2)30(26)34/h3-20,27-28,33-34H,1-2H3. The molecule has 0 fully saturated rings. The third-order valence-electron chi connectivity index (χ3n) is 5.87. The molecule has 0 aliphatic carbocycles. The van der Waals surface area contributed by atoms with Gasteiger partial charge in [0.25, 0.3) is 0 Å². The Labute approximate surface area is 200 Å². The van der Waals surface area contributed by atoms with E-state index >= 15 is 0 Å². The van der Waals surface area contributed by atoms with E-state index in [1.807, 2.05) is 111 Å². The lowest BCUT2D eigenvalue weighted by Gasteiger charge is -2.22. The number of phenolic OH excluding ortho intramolecular Hbond substituents is 2. The first-order valence-electron chi connectivity index (χ1n) is 11.3. The van der Waals surface area contributed by atoms with Gasteiger partial charge in [0.1, 0.15) is 23.6 Å². The van der Waals surface area contributed by atoms with Crippen molar-refractivity contribution in [3.05, 3.63) is 130 Å². The number of aryl methyl sites for hydroxylation is 2. The highest BCUT2D eigenvalue weighted by Crippen LogP contribution is 2.36. The Morgan fingerprint density at radius 1 is 0.529 bits per heavy atom. The molecule has 4 heteroatoms. The van der Waals surface area contributed by atoms with Crippen LogP contribution >= 0.6 is 0 Å². The average molecular weight is 449 g/mol. The Morgan fingerprint density at radius 3 is 1.29 bits per heavy atom. The summed E-state index contributed by atoms with van der Waals surface area (Å²) in [7, 11) is 0. The molecule has 0 saturated carbocycles. The molecule has 2 atom stereocenters. The van der Waals surface area contributed by atoms with E-state index in [0.29, 0.717) is 11.1 Å². The highest BCUT2D eigenvalue weighted by atomic mass is 16.3. The molecule has 0 amide bonds. The summed E-state index contributed by atoms with van der Waals surface area (Å²) in [5.74, 6) is 0.449. The quantitative estimate of drug-likeness (QED) is 0.308. The van der Waals surface area contributed by atoms with Gasteiger partial charge in [-0.2, -0.15) is 0 Å². The molecule has 2 unspecified atom stereocenters. The first-order chi connectivity index (χ1) is 16.5. The van der Waals surface area contributed by atoms with Gasteiger partial charge in [0, 0.05) is 23.6 Å². The maximum Gasteiger partial charge on any atom is 0.127 e. The molecular formula is C30H28N2O2. The van der Waals surface area contributed by atoms with Crippen LogP contribution in [0.3, 0.4) is 0 Å². The number of hydrogen-bond donors (Lipinski definition) is 2. The van der Waals surface area contributed by atoms with E-state index in [0.717, 1.165) is 22.3 Å². The number of aromatic hydroxyl groups is 2. The minimum absolute atomic E-state index is 0.225. The van der Waals surface area contributed by atoms with Crippen LogP contribution in [0.4, 0.5) is 0 Å². The van der Waals surface area contributed by atoms with Crippen LogP contribution in [0.5, 0.6) is 11.5 Å². The van der Waals surface area contributed by atoms with Crippen molar-refractivity contribution in [3.8, 4) is 11.5 Å². The molecule has 4 aromatic rings. The van der Waals surface area contributed by atoms with Gasteiger partial charge in [-0.15, -0.1) is 0 Å². The number of para-hydroxylation sites is 2. The summed E-state index contributed by atoms with van der Waals surface area (Å²) in [6.45, 7) is 3.74. The van der Waals surface area contributed by atoms with Gasteiger partial charge in [0.2, 0.25) is 0 Å². The number of rotatable bonds is 7. The largest absolute Gasteiger partial charge is 0.507 e. The second-order valence-electron chi connectivity index (χ2n) is 8.29. The van der Waals surface area contributed by atoms with Gasteiger partial charge in [-0.1, -0.05) is 84.9 Å². The SMILES string of the molecule is Cc1cccc(C=NC(c2ccccc2)C(N=Cc2cccc(C)c2O)c2ccccc2)c1O. The summed E-state index contributed by atoms with van der Waals surface area (Å²) in [5, 5.41) is 21.0. The Balaban J connectivity index is 1.81. The zero-order chi connectivity index (χ0) is 23.9. The predicted molar refractivity (Wildman–Crippen MR) is 139 cm³/mol. The fraction of sp³-hybridized carbons (Fsp3) is 0.133. The van der Waals surface area contributed by atoms with E-state index in [9.17, 15) is 10.2 Å². The number of phenols is 2. The molecule has 0 spiro atoms. The molecule has 0 heterocycles. The first kappa shape index (κ1) is 23.0. The molecule has 0 saturated heterocycles. The fourth-order valence-corrected chi connectivity index (χ4v) is 3.89. The van der Waals surface area contributed by atoms with Crippen LogP contribution in [-0.4, -0.2) is 22.6 Å². The Morgan fingerprint density at radius 2 is 0.912 bits per heavy atom. The van der Waals surface area contributed by atoms with E-state index < -0.39 is 0 Å². The topological polar surface area (TPSA) is 65.2 Å². The lowest BCUT2D eigenvalue weighted by molar-refractivity contribution is 0.469. The Kier molecular flexibility index (Phi) is 7.19. The van der Waals surface area contributed by atoms with Gasteiger partial charge in [0.15, 0.2) is 0 Å². The summed E-state index contributed by atoms with van der Waals surface area (Å²) < 4.78 is 0. The fourth-order valence-electron chi connectivity index (χ4n) is 3.89. The second kappa shape index (κ2) is 10.6. The Bertz CT molecular complexity index is 1200. The second-order valence-corrected chi connectivity index (χ2v) is 8.29. The maximum absolute atomic E-state index is 10.5. The van der Waals surface area contributed by atoms with Crippen LogP contribution in [0.1, 0.15) is 45.5 Å².